The van der Waals surface area contributed by atoms with Crippen LogP contribution in [0.4, 0.5) is 0 Å². The summed E-state index contributed by atoms with van der Waals surface area (Å²) >= 11 is 0. The van der Waals surface area contributed by atoms with Crippen LogP contribution in [0.2, 0.25) is 0 Å². The molecule has 0 aliphatic carbocycles. The number of benzene rings is 1. The van der Waals surface area contributed by atoms with Crippen molar-refractivity contribution in [3.63, 3.8) is 0 Å². The third-order valence-electron chi connectivity index (χ3n) is 2.40. The molecule has 102 valence electrons. The second-order valence-corrected chi connectivity index (χ2v) is 3.88. The Morgan fingerprint density at radius 1 is 1.26 bits per heavy atom. The van der Waals surface area contributed by atoms with Gasteiger partial charge in [-0.2, -0.15) is 0 Å². The Balaban J connectivity index is 0.000000198. The lowest BCUT2D eigenvalue weighted by atomic mass is 10.3. The lowest BCUT2D eigenvalue weighted by Gasteiger charge is -1.95. The van der Waals surface area contributed by atoms with Crippen LogP contribution in [0.5, 0.6) is 0 Å². The van der Waals surface area contributed by atoms with Crippen molar-refractivity contribution in [2.24, 2.45) is 14.1 Å². The van der Waals surface area contributed by atoms with Crippen molar-refractivity contribution >= 4 is 11.0 Å². The minimum Gasteiger partial charge on any atom is -1.00 e. The Hall–Kier alpha value is -2.08. The maximum Gasteiger partial charge on any atom is 0.243 e. The van der Waals surface area contributed by atoms with Gasteiger partial charge >= 0.3 is 0 Å². The van der Waals surface area contributed by atoms with Crippen LogP contribution in [-0.2, 0) is 14.1 Å². The molecule has 7 heteroatoms. The Morgan fingerprint density at radius 2 is 2.00 bits per heavy atom. The molecule has 0 aliphatic rings. The molecule has 0 spiro atoms. The van der Waals surface area contributed by atoms with Crippen LogP contribution in [-0.4, -0.2) is 26.8 Å². The van der Waals surface area contributed by atoms with Crippen molar-refractivity contribution in [2.45, 2.75) is 0 Å². The topological polar surface area (TPSA) is 48.8 Å². The van der Waals surface area contributed by atoms with E-state index in [1.807, 2.05) is 66.2 Å². The lowest BCUT2D eigenvalue weighted by molar-refractivity contribution is -0.670. The fourth-order valence-electron chi connectivity index (χ4n) is 1.56. The van der Waals surface area contributed by atoms with Crippen LogP contribution < -0.4 is 21.8 Å². The van der Waals surface area contributed by atoms with Crippen molar-refractivity contribution in [3.05, 3.63) is 43.0 Å². The van der Waals surface area contributed by atoms with E-state index < -0.39 is 0 Å². The molecule has 6 nitrogen and oxygen atoms in total. The van der Waals surface area contributed by atoms with Gasteiger partial charge in [-0.05, 0) is 17.3 Å². The van der Waals surface area contributed by atoms with E-state index in [1.54, 1.807) is 7.11 Å². The van der Waals surface area contributed by atoms with Gasteiger partial charge in [0, 0.05) is 0 Å². The number of aromatic nitrogens is 5. The highest BCUT2D eigenvalue weighted by Gasteiger charge is 2.00. The highest BCUT2D eigenvalue weighted by atomic mass is 35.5. The summed E-state index contributed by atoms with van der Waals surface area (Å²) in [5.74, 6) is 0. The molecule has 0 unspecified atom stereocenters. The zero-order valence-corrected chi connectivity index (χ0v) is 11.8. The van der Waals surface area contributed by atoms with Crippen LogP contribution in [0.15, 0.2) is 43.0 Å². The molecule has 3 rings (SSSR count). The summed E-state index contributed by atoms with van der Waals surface area (Å²) in [4.78, 5) is 6.29. The van der Waals surface area contributed by atoms with Gasteiger partial charge in [-0.3, -0.25) is 0 Å². The average Bonchev–Trinajstić information content (AvgIpc) is 2.96. The predicted octanol–water partition coefficient (Wildman–Crippen LogP) is -2.66. The maximum absolute atomic E-state index is 4.91. The van der Waals surface area contributed by atoms with Crippen molar-refractivity contribution in [1.29, 1.82) is 0 Å². The zero-order valence-electron chi connectivity index (χ0n) is 11.1. The highest BCUT2D eigenvalue weighted by Crippen LogP contribution is 2.07. The third-order valence-corrected chi connectivity index (χ3v) is 2.40. The summed E-state index contributed by atoms with van der Waals surface area (Å²) in [7, 11) is 5.56. The molecule has 2 heterocycles. The average molecular weight is 282 g/mol. The molecule has 0 atom stereocenters. The first kappa shape index (κ1) is 15.0. The zero-order chi connectivity index (χ0) is 13.0. The molecule has 0 N–H and O–H groups in total. The lowest BCUT2D eigenvalue weighted by Crippen LogP contribution is -3.00. The van der Waals surface area contributed by atoms with E-state index >= 15 is 0 Å². The molecule has 0 radical (unpaired) electrons. The molecule has 3 aromatic rings. The molecule has 0 fully saturated rings. The predicted molar refractivity (Wildman–Crippen MR) is 66.6 cm³/mol. The van der Waals surface area contributed by atoms with Crippen molar-refractivity contribution in [3.8, 4) is 0 Å². The number of hydrogen-bond donors (Lipinski definition) is 0. The number of rotatable bonds is 1. The number of halogens is 1. The van der Waals surface area contributed by atoms with Gasteiger partial charge in [-0.1, -0.05) is 17.0 Å². The number of imidazole rings is 1. The van der Waals surface area contributed by atoms with Crippen LogP contribution >= 0.6 is 0 Å². The Kier molecular flexibility index (Phi) is 5.32. The van der Waals surface area contributed by atoms with Gasteiger partial charge in [-0.15, -0.1) is 5.10 Å². The van der Waals surface area contributed by atoms with Crippen LogP contribution in [0.1, 0.15) is 0 Å². The minimum absolute atomic E-state index is 0. The Morgan fingerprint density at radius 3 is 2.53 bits per heavy atom. The normalized spacial score (nSPS) is 9.42. The smallest absolute Gasteiger partial charge is 0.243 e. The summed E-state index contributed by atoms with van der Waals surface area (Å²) in [5, 5.41) is 7.64. The molecule has 2 aromatic heterocycles. The number of nitrogens with zero attached hydrogens (tertiary/aromatic N) is 5. The number of aryl methyl sites for hydroxylation is 2. The largest absolute Gasteiger partial charge is 1.00 e. The standard InChI is InChI=1S/C7H7N3O.C5H9N2.ClH/c1-11-10-7-5-3-2-4-6(7)8-9-10;1-6-3-4-7(2)5-6;/h2-5H,1H3;3-5H,1-2H3;1H/q;+1;/p-1. The summed E-state index contributed by atoms with van der Waals surface area (Å²) < 4.78 is 4.00. The SMILES string of the molecule is COn1nnc2ccccc21.Cn1cc[n+](C)c1.[Cl-]. The van der Waals surface area contributed by atoms with Gasteiger partial charge in [0.2, 0.25) is 6.33 Å². The van der Waals surface area contributed by atoms with Gasteiger partial charge in [-0.25, -0.2) is 9.13 Å². The fraction of sp³-hybridized carbons (Fsp3) is 0.250. The maximum atomic E-state index is 4.91. The summed E-state index contributed by atoms with van der Waals surface area (Å²) in [6.45, 7) is 0. The van der Waals surface area contributed by atoms with E-state index in [0.717, 1.165) is 11.0 Å². The summed E-state index contributed by atoms with van der Waals surface area (Å²) in [5.41, 5.74) is 1.73. The molecule has 1 aromatic carbocycles. The van der Waals surface area contributed by atoms with Gasteiger partial charge in [0.15, 0.2) is 0 Å². The second kappa shape index (κ2) is 6.75. The molecular weight excluding hydrogens is 266 g/mol. The quantitative estimate of drug-likeness (QED) is 0.458. The van der Waals surface area contributed by atoms with E-state index in [9.17, 15) is 0 Å². The number of hydrogen-bond acceptors (Lipinski definition) is 3. The van der Waals surface area contributed by atoms with E-state index in [-0.39, 0.29) is 12.4 Å². The van der Waals surface area contributed by atoms with Crippen molar-refractivity contribution < 1.29 is 21.8 Å². The first-order chi connectivity index (χ1) is 8.70. The van der Waals surface area contributed by atoms with Crippen LogP contribution in [0.3, 0.4) is 0 Å². The van der Waals surface area contributed by atoms with Crippen LogP contribution in [0.25, 0.3) is 11.0 Å². The van der Waals surface area contributed by atoms with E-state index in [4.69, 9.17) is 4.84 Å². The first-order valence-electron chi connectivity index (χ1n) is 5.53. The Labute approximate surface area is 117 Å². The van der Waals surface area contributed by atoms with Gasteiger partial charge < -0.3 is 17.2 Å². The molecule has 0 amide bonds. The van der Waals surface area contributed by atoms with Gasteiger partial charge in [0.05, 0.1) is 14.1 Å². The number of para-hydroxylation sites is 1. The highest BCUT2D eigenvalue weighted by molar-refractivity contribution is 5.73. The minimum atomic E-state index is 0. The number of fused-ring (bicyclic) bond motifs is 1. The van der Waals surface area contributed by atoms with E-state index in [0.29, 0.717) is 0 Å². The monoisotopic (exact) mass is 281 g/mol. The summed E-state index contributed by atoms with van der Waals surface area (Å²) in [6.07, 6.45) is 6.00. The summed E-state index contributed by atoms with van der Waals surface area (Å²) in [6, 6.07) is 7.62. The van der Waals surface area contributed by atoms with Gasteiger partial charge in [0.25, 0.3) is 0 Å². The molecule has 0 saturated heterocycles. The Bertz CT molecular complexity index is 617. The van der Waals surface area contributed by atoms with Crippen molar-refractivity contribution in [2.75, 3.05) is 7.11 Å². The van der Waals surface area contributed by atoms with E-state index in [2.05, 4.69) is 10.3 Å². The molecule has 19 heavy (non-hydrogen) atoms. The molecular formula is C12H16ClN5O. The van der Waals surface area contributed by atoms with Crippen LogP contribution in [0, 0.1) is 0 Å². The molecule has 0 bridgehead atoms. The fourth-order valence-corrected chi connectivity index (χ4v) is 1.56. The third kappa shape index (κ3) is 3.69. The second-order valence-electron chi connectivity index (χ2n) is 3.88. The molecule has 0 saturated carbocycles. The molecule has 0 aliphatic heterocycles. The first-order valence-corrected chi connectivity index (χ1v) is 5.53. The van der Waals surface area contributed by atoms with Gasteiger partial charge in [0.1, 0.15) is 30.5 Å². The van der Waals surface area contributed by atoms with E-state index in [1.165, 1.54) is 4.85 Å². The van der Waals surface area contributed by atoms with Crippen molar-refractivity contribution in [1.82, 2.24) is 19.7 Å².